The molecule has 2 N–H and O–H groups in total. The van der Waals surface area contributed by atoms with E-state index >= 15 is 0 Å². The monoisotopic (exact) mass is 396 g/mol. The number of esters is 1. The molecule has 0 aliphatic heterocycles. The Balaban J connectivity index is 1.96. The van der Waals surface area contributed by atoms with Gasteiger partial charge >= 0.3 is 5.97 Å². The molecular formula is C23H28N2O4. The van der Waals surface area contributed by atoms with Crippen molar-refractivity contribution < 1.29 is 19.1 Å². The average Bonchev–Trinajstić information content (AvgIpc) is 2.72. The van der Waals surface area contributed by atoms with Crippen LogP contribution >= 0.6 is 0 Å². The summed E-state index contributed by atoms with van der Waals surface area (Å²) >= 11 is 0. The number of carbonyl (C=O) groups is 3. The number of hydrogen-bond donors (Lipinski definition) is 2. The van der Waals surface area contributed by atoms with Crippen LogP contribution in [-0.4, -0.2) is 29.9 Å². The van der Waals surface area contributed by atoms with E-state index in [9.17, 15) is 14.4 Å². The van der Waals surface area contributed by atoms with Gasteiger partial charge in [0, 0.05) is 11.3 Å². The average molecular weight is 396 g/mol. The first kappa shape index (κ1) is 22.1. The molecule has 0 saturated heterocycles. The van der Waals surface area contributed by atoms with Crippen molar-refractivity contribution in [3.8, 4) is 0 Å². The van der Waals surface area contributed by atoms with Crippen LogP contribution < -0.4 is 10.6 Å². The Morgan fingerprint density at radius 2 is 1.55 bits per heavy atom. The topological polar surface area (TPSA) is 84.5 Å². The van der Waals surface area contributed by atoms with Gasteiger partial charge in [-0.25, -0.2) is 4.79 Å². The minimum atomic E-state index is -0.997. The largest absolute Gasteiger partial charge is 0.451 e. The molecule has 0 saturated carbocycles. The van der Waals surface area contributed by atoms with E-state index in [1.165, 1.54) is 6.92 Å². The van der Waals surface area contributed by atoms with E-state index in [4.69, 9.17) is 4.74 Å². The van der Waals surface area contributed by atoms with Gasteiger partial charge in [0.1, 0.15) is 6.04 Å². The van der Waals surface area contributed by atoms with Crippen molar-refractivity contribution in [3.63, 3.8) is 0 Å². The Morgan fingerprint density at radius 3 is 2.10 bits per heavy atom. The highest BCUT2D eigenvalue weighted by Gasteiger charge is 2.29. The fourth-order valence-corrected chi connectivity index (χ4v) is 2.68. The van der Waals surface area contributed by atoms with Gasteiger partial charge in [0.05, 0.1) is 0 Å². The summed E-state index contributed by atoms with van der Waals surface area (Å²) in [6, 6.07) is 15.2. The summed E-state index contributed by atoms with van der Waals surface area (Å²) in [7, 11) is 0. The van der Waals surface area contributed by atoms with Gasteiger partial charge in [-0.3, -0.25) is 9.59 Å². The highest BCUT2D eigenvalue weighted by atomic mass is 16.5. The highest BCUT2D eigenvalue weighted by molar-refractivity contribution is 5.98. The van der Waals surface area contributed by atoms with E-state index in [0.29, 0.717) is 11.3 Å². The summed E-state index contributed by atoms with van der Waals surface area (Å²) in [6.45, 7) is 7.16. The molecule has 6 heteroatoms. The SMILES string of the molecule is CCc1ccc(NC(=O)[C@@H](C)OC(=O)[C@H](NC(=O)c2ccccc2)C(C)C)cc1. The second-order valence-corrected chi connectivity index (χ2v) is 7.18. The molecule has 2 aromatic rings. The van der Waals surface area contributed by atoms with Gasteiger partial charge in [0.15, 0.2) is 6.10 Å². The quantitative estimate of drug-likeness (QED) is 0.668. The summed E-state index contributed by atoms with van der Waals surface area (Å²) < 4.78 is 5.32. The molecule has 29 heavy (non-hydrogen) atoms. The van der Waals surface area contributed by atoms with E-state index in [2.05, 4.69) is 17.6 Å². The Kier molecular flexibility index (Phi) is 7.95. The van der Waals surface area contributed by atoms with Crippen molar-refractivity contribution in [3.05, 3.63) is 65.7 Å². The molecule has 0 bridgehead atoms. The van der Waals surface area contributed by atoms with Gasteiger partial charge in [0.25, 0.3) is 11.8 Å². The number of rotatable bonds is 8. The first-order valence-corrected chi connectivity index (χ1v) is 9.78. The maximum Gasteiger partial charge on any atom is 0.329 e. The zero-order chi connectivity index (χ0) is 21.4. The summed E-state index contributed by atoms with van der Waals surface area (Å²) in [6.07, 6.45) is -0.0868. The van der Waals surface area contributed by atoms with Crippen LogP contribution in [0.1, 0.15) is 43.6 Å². The van der Waals surface area contributed by atoms with Crippen LogP contribution in [-0.2, 0) is 20.7 Å². The third kappa shape index (κ3) is 6.45. The Hall–Kier alpha value is -3.15. The molecule has 6 nitrogen and oxygen atoms in total. The Bertz CT molecular complexity index is 832. The Morgan fingerprint density at radius 1 is 0.931 bits per heavy atom. The third-order valence-corrected chi connectivity index (χ3v) is 4.54. The predicted octanol–water partition coefficient (Wildman–Crippen LogP) is 3.57. The number of benzene rings is 2. The van der Waals surface area contributed by atoms with E-state index < -0.39 is 24.0 Å². The molecule has 0 spiro atoms. The van der Waals surface area contributed by atoms with Crippen molar-refractivity contribution in [1.82, 2.24) is 5.32 Å². The minimum absolute atomic E-state index is 0.202. The second kappa shape index (κ2) is 10.4. The summed E-state index contributed by atoms with van der Waals surface area (Å²) in [5, 5.41) is 5.42. The Labute approximate surface area is 171 Å². The normalized spacial score (nSPS) is 12.7. The molecule has 0 unspecified atom stereocenters. The van der Waals surface area contributed by atoms with Crippen LogP contribution in [0.25, 0.3) is 0 Å². The van der Waals surface area contributed by atoms with Gasteiger partial charge in [-0.1, -0.05) is 51.1 Å². The molecule has 0 aromatic heterocycles. The number of nitrogens with one attached hydrogen (secondary N) is 2. The first-order valence-electron chi connectivity index (χ1n) is 9.78. The zero-order valence-corrected chi connectivity index (χ0v) is 17.3. The maximum atomic E-state index is 12.6. The lowest BCUT2D eigenvalue weighted by molar-refractivity contribution is -0.156. The fourth-order valence-electron chi connectivity index (χ4n) is 2.68. The lowest BCUT2D eigenvalue weighted by Crippen LogP contribution is -2.47. The molecule has 2 rings (SSSR count). The lowest BCUT2D eigenvalue weighted by atomic mass is 10.0. The summed E-state index contributed by atoms with van der Waals surface area (Å²) in [5.41, 5.74) is 2.25. The number of hydrogen-bond acceptors (Lipinski definition) is 4. The van der Waals surface area contributed by atoms with Crippen LogP contribution in [0.5, 0.6) is 0 Å². The van der Waals surface area contributed by atoms with Crippen molar-refractivity contribution in [1.29, 1.82) is 0 Å². The molecule has 2 amide bonds. The third-order valence-electron chi connectivity index (χ3n) is 4.54. The molecule has 0 heterocycles. The van der Waals surface area contributed by atoms with Crippen LogP contribution in [0.15, 0.2) is 54.6 Å². The number of anilines is 1. The smallest absolute Gasteiger partial charge is 0.329 e. The van der Waals surface area contributed by atoms with Crippen LogP contribution in [0.2, 0.25) is 0 Å². The van der Waals surface area contributed by atoms with Crippen molar-refractivity contribution in [2.75, 3.05) is 5.32 Å². The molecule has 2 atom stereocenters. The first-order chi connectivity index (χ1) is 13.8. The second-order valence-electron chi connectivity index (χ2n) is 7.18. The maximum absolute atomic E-state index is 12.6. The van der Waals surface area contributed by atoms with Crippen LogP contribution in [0.3, 0.4) is 0 Å². The molecule has 0 aliphatic carbocycles. The molecular weight excluding hydrogens is 368 g/mol. The predicted molar refractivity (Wildman–Crippen MR) is 113 cm³/mol. The molecule has 2 aromatic carbocycles. The molecule has 0 radical (unpaired) electrons. The van der Waals surface area contributed by atoms with E-state index in [1.807, 2.05) is 24.3 Å². The lowest BCUT2D eigenvalue weighted by Gasteiger charge is -2.23. The standard InChI is InChI=1S/C23H28N2O4/c1-5-17-11-13-19(14-12-17)24-21(26)16(4)29-23(28)20(15(2)3)25-22(27)18-9-7-6-8-10-18/h6-16,20H,5H2,1-4H3,(H,24,26)(H,25,27)/t16-,20-/m1/s1. The van der Waals surface area contributed by atoms with E-state index in [1.54, 1.807) is 44.2 Å². The molecule has 154 valence electrons. The number of aryl methyl sites for hydroxylation is 1. The van der Waals surface area contributed by atoms with E-state index in [0.717, 1.165) is 12.0 Å². The molecule has 0 aliphatic rings. The number of carbonyl (C=O) groups excluding carboxylic acids is 3. The van der Waals surface area contributed by atoms with Gasteiger partial charge in [0.2, 0.25) is 0 Å². The molecule has 0 fully saturated rings. The fraction of sp³-hybridized carbons (Fsp3) is 0.348. The van der Waals surface area contributed by atoms with Crippen LogP contribution in [0, 0.1) is 5.92 Å². The zero-order valence-electron chi connectivity index (χ0n) is 17.3. The summed E-state index contributed by atoms with van der Waals surface area (Å²) in [5.74, 6) is -1.64. The summed E-state index contributed by atoms with van der Waals surface area (Å²) in [4.78, 5) is 37.3. The van der Waals surface area contributed by atoms with Crippen molar-refractivity contribution in [2.45, 2.75) is 46.3 Å². The van der Waals surface area contributed by atoms with Gasteiger partial charge in [-0.2, -0.15) is 0 Å². The van der Waals surface area contributed by atoms with Crippen molar-refractivity contribution >= 4 is 23.5 Å². The van der Waals surface area contributed by atoms with Gasteiger partial charge < -0.3 is 15.4 Å². The van der Waals surface area contributed by atoms with Crippen LogP contribution in [0.4, 0.5) is 5.69 Å². The number of ether oxygens (including phenoxy) is 1. The van der Waals surface area contributed by atoms with Gasteiger partial charge in [-0.15, -0.1) is 0 Å². The highest BCUT2D eigenvalue weighted by Crippen LogP contribution is 2.12. The minimum Gasteiger partial charge on any atom is -0.451 e. The number of amides is 2. The van der Waals surface area contributed by atoms with Gasteiger partial charge in [-0.05, 0) is 49.1 Å². The van der Waals surface area contributed by atoms with E-state index in [-0.39, 0.29) is 11.8 Å². The van der Waals surface area contributed by atoms with Crippen molar-refractivity contribution in [2.24, 2.45) is 5.92 Å².